The lowest BCUT2D eigenvalue weighted by Crippen LogP contribution is -2.18. The van der Waals surface area contributed by atoms with Crippen LogP contribution in [0.25, 0.3) is 0 Å². The molecular weight excluding hydrogens is 303 g/mol. The van der Waals surface area contributed by atoms with Crippen LogP contribution in [0, 0.1) is 6.92 Å². The highest BCUT2D eigenvalue weighted by molar-refractivity contribution is 7.12. The van der Waals surface area contributed by atoms with Crippen molar-refractivity contribution in [3.8, 4) is 0 Å². The Kier molecular flexibility index (Phi) is 4.33. The zero-order chi connectivity index (χ0) is 15.6. The second-order valence-electron chi connectivity index (χ2n) is 4.42. The zero-order valence-electron chi connectivity index (χ0n) is 11.3. The summed E-state index contributed by atoms with van der Waals surface area (Å²) in [5.74, 6) is 3.86. The highest BCUT2D eigenvalue weighted by Crippen LogP contribution is 2.30. The average molecular weight is 317 g/mol. The van der Waals surface area contributed by atoms with Gasteiger partial charge in [-0.15, -0.1) is 11.3 Å². The van der Waals surface area contributed by atoms with Gasteiger partial charge in [-0.05, 0) is 26.0 Å². The molecule has 0 aliphatic carbocycles. The van der Waals surface area contributed by atoms with Gasteiger partial charge in [0.05, 0.1) is 6.04 Å². The number of aryl methyl sites for hydroxylation is 1. The van der Waals surface area contributed by atoms with E-state index in [-0.39, 0.29) is 17.7 Å². The Morgan fingerprint density at radius 1 is 1.24 bits per heavy atom. The quantitative estimate of drug-likeness (QED) is 0.596. The molecule has 5 nitrogen and oxygen atoms in total. The number of nitrogens with zero attached hydrogens (tertiary/aromatic N) is 2. The van der Waals surface area contributed by atoms with Crippen LogP contribution in [0.4, 0.5) is 24.8 Å². The van der Waals surface area contributed by atoms with Crippen molar-refractivity contribution in [1.29, 1.82) is 0 Å². The lowest BCUT2D eigenvalue weighted by atomic mass is 10.2. The lowest BCUT2D eigenvalue weighted by molar-refractivity contribution is -0.144. The van der Waals surface area contributed by atoms with Crippen LogP contribution in [0.1, 0.15) is 28.5 Å². The van der Waals surface area contributed by atoms with E-state index in [0.29, 0.717) is 0 Å². The molecule has 0 amide bonds. The van der Waals surface area contributed by atoms with E-state index in [1.165, 1.54) is 6.07 Å². The largest absolute Gasteiger partial charge is 0.451 e. The lowest BCUT2D eigenvalue weighted by Gasteiger charge is -2.15. The molecule has 114 valence electrons. The van der Waals surface area contributed by atoms with Crippen LogP contribution in [0.3, 0.4) is 0 Å². The van der Waals surface area contributed by atoms with E-state index in [1.807, 2.05) is 26.0 Å². The van der Waals surface area contributed by atoms with Crippen LogP contribution in [-0.2, 0) is 6.18 Å². The van der Waals surface area contributed by atoms with Crippen LogP contribution in [0.5, 0.6) is 0 Å². The minimum atomic E-state index is -4.63. The smallest absolute Gasteiger partial charge is 0.363 e. The molecule has 0 bridgehead atoms. The summed E-state index contributed by atoms with van der Waals surface area (Å²) < 4.78 is 38.2. The molecule has 2 rings (SSSR count). The first-order valence-corrected chi connectivity index (χ1v) is 6.87. The molecule has 2 aromatic heterocycles. The number of aromatic nitrogens is 2. The normalized spacial score (nSPS) is 13.0. The molecule has 0 aliphatic heterocycles. The summed E-state index contributed by atoms with van der Waals surface area (Å²) in [6, 6.07) is 5.02. The summed E-state index contributed by atoms with van der Waals surface area (Å²) in [5.41, 5.74) is 2.11. The molecule has 4 N–H and O–H groups in total. The van der Waals surface area contributed by atoms with Crippen molar-refractivity contribution in [1.82, 2.24) is 9.97 Å². The SMILES string of the molecule is Cc1ccc(C(C)Nc2cc(NN)nc(C(F)(F)F)n2)s1. The van der Waals surface area contributed by atoms with Gasteiger partial charge in [0.25, 0.3) is 0 Å². The van der Waals surface area contributed by atoms with E-state index in [0.717, 1.165) is 9.75 Å². The fraction of sp³-hybridized carbons (Fsp3) is 0.333. The number of nitrogens with two attached hydrogens (primary N) is 1. The first-order valence-electron chi connectivity index (χ1n) is 6.05. The van der Waals surface area contributed by atoms with Gasteiger partial charge in [-0.2, -0.15) is 13.2 Å². The number of anilines is 2. The minimum absolute atomic E-state index is 0.0591. The predicted octanol–water partition coefficient (Wildman–Crippen LogP) is 3.32. The molecule has 1 atom stereocenters. The highest BCUT2D eigenvalue weighted by atomic mass is 32.1. The highest BCUT2D eigenvalue weighted by Gasteiger charge is 2.35. The zero-order valence-corrected chi connectivity index (χ0v) is 12.1. The summed E-state index contributed by atoms with van der Waals surface area (Å²) in [6.07, 6.45) is -4.63. The molecule has 2 aromatic rings. The maximum atomic E-state index is 12.7. The molecular formula is C12H14F3N5S. The van der Waals surface area contributed by atoms with Gasteiger partial charge in [0.15, 0.2) is 0 Å². The number of nitrogen functional groups attached to an aromatic ring is 1. The van der Waals surface area contributed by atoms with Crippen molar-refractivity contribution in [2.75, 3.05) is 10.7 Å². The third-order valence-corrected chi connectivity index (χ3v) is 3.86. The van der Waals surface area contributed by atoms with Crippen molar-refractivity contribution >= 4 is 23.0 Å². The number of alkyl halides is 3. The Bertz CT molecular complexity index is 626. The second kappa shape index (κ2) is 5.86. The molecule has 0 aromatic carbocycles. The summed E-state index contributed by atoms with van der Waals surface area (Å²) >= 11 is 1.57. The average Bonchev–Trinajstić information content (AvgIpc) is 2.84. The Labute approximate surface area is 123 Å². The minimum Gasteiger partial charge on any atom is -0.363 e. The van der Waals surface area contributed by atoms with Crippen LogP contribution in [0.15, 0.2) is 18.2 Å². The van der Waals surface area contributed by atoms with Gasteiger partial charge in [-0.25, -0.2) is 15.8 Å². The summed E-state index contributed by atoms with van der Waals surface area (Å²) in [4.78, 5) is 8.91. The summed E-state index contributed by atoms with van der Waals surface area (Å²) in [6.45, 7) is 3.81. The van der Waals surface area contributed by atoms with Gasteiger partial charge in [0.2, 0.25) is 5.82 Å². The first kappa shape index (κ1) is 15.5. The molecule has 0 saturated heterocycles. The predicted molar refractivity (Wildman–Crippen MR) is 75.9 cm³/mol. The molecule has 0 radical (unpaired) electrons. The number of rotatable bonds is 4. The maximum Gasteiger partial charge on any atom is 0.451 e. The van der Waals surface area contributed by atoms with Gasteiger partial charge in [0.1, 0.15) is 11.6 Å². The monoisotopic (exact) mass is 317 g/mol. The topological polar surface area (TPSA) is 75.9 Å². The number of nitrogens with one attached hydrogen (secondary N) is 2. The van der Waals surface area contributed by atoms with Crippen molar-refractivity contribution < 1.29 is 13.2 Å². The molecule has 21 heavy (non-hydrogen) atoms. The molecule has 9 heteroatoms. The second-order valence-corrected chi connectivity index (χ2v) is 5.74. The molecule has 1 unspecified atom stereocenters. The number of thiophene rings is 1. The Morgan fingerprint density at radius 3 is 2.43 bits per heavy atom. The number of halogens is 3. The fourth-order valence-electron chi connectivity index (χ4n) is 1.70. The van der Waals surface area contributed by atoms with Gasteiger partial charge in [0, 0.05) is 15.8 Å². The molecule has 0 fully saturated rings. The maximum absolute atomic E-state index is 12.7. The molecule has 0 saturated carbocycles. The fourth-order valence-corrected chi connectivity index (χ4v) is 2.58. The van der Waals surface area contributed by atoms with E-state index in [1.54, 1.807) is 11.3 Å². The summed E-state index contributed by atoms with van der Waals surface area (Å²) in [7, 11) is 0. The number of hydrogen-bond acceptors (Lipinski definition) is 6. The number of hydrazine groups is 1. The standard InChI is InChI=1S/C12H14F3N5S/c1-6-3-4-8(21-6)7(2)17-9-5-10(20-16)19-11(18-9)12(13,14)15/h3-5,7H,16H2,1-2H3,(H2,17,18,19,20). The van der Waals surface area contributed by atoms with Gasteiger partial charge >= 0.3 is 6.18 Å². The van der Waals surface area contributed by atoms with Crippen molar-refractivity contribution in [3.63, 3.8) is 0 Å². The Hall–Kier alpha value is -1.87. The van der Waals surface area contributed by atoms with Crippen LogP contribution in [0.2, 0.25) is 0 Å². The molecule has 2 heterocycles. The summed E-state index contributed by atoms with van der Waals surface area (Å²) in [5, 5.41) is 2.92. The molecule has 0 aliphatic rings. The Balaban J connectivity index is 2.27. The third-order valence-electron chi connectivity index (χ3n) is 2.68. The van der Waals surface area contributed by atoms with Crippen molar-refractivity contribution in [2.24, 2.45) is 5.84 Å². The van der Waals surface area contributed by atoms with Crippen molar-refractivity contribution in [2.45, 2.75) is 26.1 Å². The van der Waals surface area contributed by atoms with Crippen LogP contribution >= 0.6 is 11.3 Å². The third kappa shape index (κ3) is 3.82. The van der Waals surface area contributed by atoms with E-state index in [4.69, 9.17) is 5.84 Å². The number of hydrogen-bond donors (Lipinski definition) is 3. The van der Waals surface area contributed by atoms with Gasteiger partial charge < -0.3 is 10.7 Å². The first-order chi connectivity index (χ1) is 9.79. The molecule has 0 spiro atoms. The van der Waals surface area contributed by atoms with E-state index in [9.17, 15) is 13.2 Å². The van der Waals surface area contributed by atoms with Crippen LogP contribution < -0.4 is 16.6 Å². The van der Waals surface area contributed by atoms with Gasteiger partial charge in [-0.1, -0.05) is 0 Å². The van der Waals surface area contributed by atoms with Crippen molar-refractivity contribution in [3.05, 3.63) is 33.8 Å². The van der Waals surface area contributed by atoms with Crippen LogP contribution in [-0.4, -0.2) is 9.97 Å². The van der Waals surface area contributed by atoms with E-state index >= 15 is 0 Å². The van der Waals surface area contributed by atoms with E-state index in [2.05, 4.69) is 20.7 Å². The van der Waals surface area contributed by atoms with Gasteiger partial charge in [-0.3, -0.25) is 0 Å². The van der Waals surface area contributed by atoms with E-state index < -0.39 is 12.0 Å². The Morgan fingerprint density at radius 2 is 1.90 bits per heavy atom.